The maximum Gasteiger partial charge on any atom is 0.216 e. The van der Waals surface area contributed by atoms with Crippen LogP contribution in [0, 0.1) is 6.92 Å². The van der Waals surface area contributed by atoms with Crippen molar-refractivity contribution in [3.8, 4) is 0 Å². The fourth-order valence-corrected chi connectivity index (χ4v) is 2.56. The first-order chi connectivity index (χ1) is 11.5. The molecule has 0 unspecified atom stereocenters. The van der Waals surface area contributed by atoms with Crippen LogP contribution in [-0.4, -0.2) is 18.2 Å². The molecule has 1 aromatic carbocycles. The number of anilines is 1. The van der Waals surface area contributed by atoms with Gasteiger partial charge in [-0.2, -0.15) is 0 Å². The van der Waals surface area contributed by atoms with Crippen LogP contribution in [0.4, 0.5) is 17.2 Å². The van der Waals surface area contributed by atoms with Crippen LogP contribution in [0.15, 0.2) is 39.0 Å². The molecule has 0 aliphatic rings. The normalized spacial score (nSPS) is 11.6. The number of benzene rings is 1. The zero-order chi connectivity index (χ0) is 17.5. The number of rotatable bonds is 8. The highest BCUT2D eigenvalue weighted by Gasteiger charge is 2.08. The summed E-state index contributed by atoms with van der Waals surface area (Å²) in [6, 6.07) is 8.16. The number of nitrogens with zero attached hydrogens (tertiary/aromatic N) is 4. The van der Waals surface area contributed by atoms with E-state index < -0.39 is 0 Å². The monoisotopic (exact) mass is 328 g/mol. The Morgan fingerprint density at radius 2 is 1.79 bits per heavy atom. The largest absolute Gasteiger partial charge is 0.372 e. The van der Waals surface area contributed by atoms with Gasteiger partial charge in [0.05, 0.1) is 5.69 Å². The second-order valence-electron chi connectivity index (χ2n) is 6.40. The van der Waals surface area contributed by atoms with Crippen LogP contribution >= 0.6 is 0 Å². The summed E-state index contributed by atoms with van der Waals surface area (Å²) in [4.78, 5) is 2.42. The third-order valence-electron chi connectivity index (χ3n) is 3.88. The Morgan fingerprint density at radius 3 is 2.33 bits per heavy atom. The highest BCUT2D eigenvalue weighted by atomic mass is 16.5. The summed E-state index contributed by atoms with van der Waals surface area (Å²) in [6.45, 7) is 12.8. The molecule has 0 atom stereocenters. The fourth-order valence-electron chi connectivity index (χ4n) is 2.56. The summed E-state index contributed by atoms with van der Waals surface area (Å²) >= 11 is 0. The first kappa shape index (κ1) is 18.2. The topological polar surface area (TPSA) is 54.0 Å². The van der Waals surface area contributed by atoms with Gasteiger partial charge in [-0.15, -0.1) is 10.2 Å². The Labute approximate surface area is 144 Å². The van der Waals surface area contributed by atoms with Crippen molar-refractivity contribution in [1.82, 2.24) is 5.16 Å². The minimum atomic E-state index is 0.297. The van der Waals surface area contributed by atoms with E-state index in [9.17, 15) is 0 Å². The van der Waals surface area contributed by atoms with E-state index in [4.69, 9.17) is 4.52 Å². The molecule has 0 fully saturated rings. The van der Waals surface area contributed by atoms with Crippen LogP contribution in [0.3, 0.4) is 0 Å². The maximum absolute atomic E-state index is 5.24. The zero-order valence-corrected chi connectivity index (χ0v) is 15.4. The summed E-state index contributed by atoms with van der Waals surface area (Å²) in [5.41, 5.74) is 3.22. The molecule has 1 heterocycles. The lowest BCUT2D eigenvalue weighted by Gasteiger charge is -2.24. The molecule has 0 radical (unpaired) electrons. The van der Waals surface area contributed by atoms with Gasteiger partial charge in [-0.05, 0) is 43.5 Å². The molecule has 1 aromatic heterocycles. The summed E-state index contributed by atoms with van der Waals surface area (Å²) in [6.07, 6.45) is 2.29. The highest BCUT2D eigenvalue weighted by molar-refractivity contribution is 5.57. The zero-order valence-electron chi connectivity index (χ0n) is 15.4. The second-order valence-corrected chi connectivity index (χ2v) is 6.40. The molecule has 5 heteroatoms. The Morgan fingerprint density at radius 1 is 1.08 bits per heavy atom. The maximum atomic E-state index is 5.24. The minimum Gasteiger partial charge on any atom is -0.372 e. The molecule has 0 spiro atoms. The third-order valence-corrected chi connectivity index (χ3v) is 3.88. The number of hydrogen-bond acceptors (Lipinski definition) is 5. The predicted molar refractivity (Wildman–Crippen MR) is 98.7 cm³/mol. The lowest BCUT2D eigenvalue weighted by Crippen LogP contribution is -2.24. The van der Waals surface area contributed by atoms with Gasteiger partial charge < -0.3 is 9.42 Å². The van der Waals surface area contributed by atoms with E-state index >= 15 is 0 Å². The average molecular weight is 328 g/mol. The fraction of sp³-hybridized carbons (Fsp3) is 0.526. The summed E-state index contributed by atoms with van der Waals surface area (Å²) in [5.74, 6) is 1.64. The molecule has 0 N–H and O–H groups in total. The van der Waals surface area contributed by atoms with Crippen molar-refractivity contribution in [2.24, 2.45) is 10.2 Å². The standard InChI is InChI=1S/C19H28N4O/c1-6-10-23(11-7-2)16-8-9-17(15(5)12-16)20-21-19-13-18(14(3)4)24-22-19/h8-9,12-14H,6-7,10-11H2,1-5H3. The lowest BCUT2D eigenvalue weighted by molar-refractivity contribution is 0.372. The van der Waals surface area contributed by atoms with Crippen molar-refractivity contribution in [2.45, 2.75) is 53.4 Å². The van der Waals surface area contributed by atoms with Gasteiger partial charge in [0, 0.05) is 30.8 Å². The molecule has 130 valence electrons. The summed E-state index contributed by atoms with van der Waals surface area (Å²) < 4.78 is 5.24. The quantitative estimate of drug-likeness (QED) is 0.546. The SMILES string of the molecule is CCCN(CCC)c1ccc(N=Nc2cc(C(C)C)on2)c(C)c1. The number of azo groups is 1. The van der Waals surface area contributed by atoms with Crippen molar-refractivity contribution in [1.29, 1.82) is 0 Å². The third kappa shape index (κ3) is 4.66. The van der Waals surface area contributed by atoms with Crippen molar-refractivity contribution in [3.05, 3.63) is 35.6 Å². The first-order valence-corrected chi connectivity index (χ1v) is 8.79. The van der Waals surface area contributed by atoms with E-state index in [-0.39, 0.29) is 0 Å². The molecule has 0 saturated heterocycles. The van der Waals surface area contributed by atoms with Crippen molar-refractivity contribution in [3.63, 3.8) is 0 Å². The van der Waals surface area contributed by atoms with Crippen molar-refractivity contribution < 1.29 is 4.52 Å². The Kier molecular flexibility index (Phi) is 6.53. The Hall–Kier alpha value is -2.17. The van der Waals surface area contributed by atoms with Gasteiger partial charge in [-0.1, -0.05) is 32.9 Å². The van der Waals surface area contributed by atoms with Crippen LogP contribution in [0.1, 0.15) is 57.8 Å². The molecule has 0 aliphatic carbocycles. The van der Waals surface area contributed by atoms with E-state index in [1.807, 2.05) is 12.1 Å². The van der Waals surface area contributed by atoms with E-state index in [1.165, 1.54) is 5.69 Å². The molecule has 2 aromatic rings. The molecular formula is C19H28N4O. The van der Waals surface area contributed by atoms with Crippen LogP contribution in [0.25, 0.3) is 0 Å². The van der Waals surface area contributed by atoms with Crippen LogP contribution < -0.4 is 4.90 Å². The average Bonchev–Trinajstić information content (AvgIpc) is 3.03. The molecular weight excluding hydrogens is 300 g/mol. The van der Waals surface area contributed by atoms with Gasteiger partial charge in [0.25, 0.3) is 0 Å². The molecule has 0 saturated carbocycles. The molecule has 0 amide bonds. The molecule has 0 aliphatic heterocycles. The van der Waals surface area contributed by atoms with Crippen molar-refractivity contribution in [2.75, 3.05) is 18.0 Å². The molecule has 24 heavy (non-hydrogen) atoms. The number of aryl methyl sites for hydroxylation is 1. The molecule has 5 nitrogen and oxygen atoms in total. The summed E-state index contributed by atoms with van der Waals surface area (Å²) in [5, 5.41) is 12.5. The predicted octanol–water partition coefficient (Wildman–Crippen LogP) is 6.15. The van der Waals surface area contributed by atoms with E-state index in [1.54, 1.807) is 0 Å². The Bertz CT molecular complexity index is 670. The van der Waals surface area contributed by atoms with Gasteiger partial charge in [0.15, 0.2) is 0 Å². The van der Waals surface area contributed by atoms with Crippen LogP contribution in [0.2, 0.25) is 0 Å². The minimum absolute atomic E-state index is 0.297. The Balaban J connectivity index is 2.15. The van der Waals surface area contributed by atoms with E-state index in [2.05, 4.69) is 67.0 Å². The molecule has 2 rings (SSSR count). The lowest BCUT2D eigenvalue weighted by atomic mass is 10.1. The van der Waals surface area contributed by atoms with Gasteiger partial charge in [-0.3, -0.25) is 0 Å². The second kappa shape index (κ2) is 8.62. The summed E-state index contributed by atoms with van der Waals surface area (Å²) in [7, 11) is 0. The van der Waals surface area contributed by atoms with Gasteiger partial charge in [0.2, 0.25) is 5.82 Å². The molecule has 0 bridgehead atoms. The highest BCUT2D eigenvalue weighted by Crippen LogP contribution is 2.27. The van der Waals surface area contributed by atoms with Gasteiger partial charge in [0.1, 0.15) is 5.76 Å². The number of aromatic nitrogens is 1. The van der Waals surface area contributed by atoms with Gasteiger partial charge in [-0.25, -0.2) is 0 Å². The van der Waals surface area contributed by atoms with Crippen LogP contribution in [-0.2, 0) is 0 Å². The smallest absolute Gasteiger partial charge is 0.216 e. The van der Waals surface area contributed by atoms with Crippen LogP contribution in [0.5, 0.6) is 0 Å². The number of hydrogen-bond donors (Lipinski definition) is 0. The first-order valence-electron chi connectivity index (χ1n) is 8.79. The van der Waals surface area contributed by atoms with E-state index in [0.29, 0.717) is 11.7 Å². The van der Waals surface area contributed by atoms with Gasteiger partial charge >= 0.3 is 0 Å². The van der Waals surface area contributed by atoms with E-state index in [0.717, 1.165) is 42.9 Å². The van der Waals surface area contributed by atoms with Crippen molar-refractivity contribution >= 4 is 17.2 Å².